The van der Waals surface area contributed by atoms with Crippen molar-refractivity contribution >= 4 is 5.97 Å². The first-order valence-electron chi connectivity index (χ1n) is 5.49. The number of aliphatic hydroxyl groups is 2. The fourth-order valence-electron chi connectivity index (χ4n) is 1.59. The molecule has 5 nitrogen and oxygen atoms in total. The molecule has 0 fully saturated rings. The van der Waals surface area contributed by atoms with E-state index in [1.165, 1.54) is 6.08 Å². The third-order valence-corrected chi connectivity index (χ3v) is 2.69. The van der Waals surface area contributed by atoms with Crippen molar-refractivity contribution in [1.29, 1.82) is 5.26 Å². The predicted octanol–water partition coefficient (Wildman–Crippen LogP) is 0.465. The van der Waals surface area contributed by atoms with Gasteiger partial charge < -0.3 is 14.9 Å². The Hall–Kier alpha value is -1.90. The summed E-state index contributed by atoms with van der Waals surface area (Å²) in [5.74, 6) is -1.22. The summed E-state index contributed by atoms with van der Waals surface area (Å²) >= 11 is 0. The molecular formula is C13H15NO4. The van der Waals surface area contributed by atoms with Gasteiger partial charge in [0, 0.05) is 12.0 Å². The molecule has 1 aliphatic rings. The molecule has 0 saturated heterocycles. The normalized spacial score (nSPS) is 26.8. The molecule has 2 atom stereocenters. The zero-order valence-electron chi connectivity index (χ0n) is 10.0. The minimum absolute atomic E-state index is 0.0782. The predicted molar refractivity (Wildman–Crippen MR) is 64.1 cm³/mol. The van der Waals surface area contributed by atoms with Crippen LogP contribution in [0.3, 0.4) is 0 Å². The van der Waals surface area contributed by atoms with Crippen molar-refractivity contribution in [3.63, 3.8) is 0 Å². The molecular weight excluding hydrogens is 234 g/mol. The molecule has 0 aromatic heterocycles. The van der Waals surface area contributed by atoms with Crippen LogP contribution in [0.4, 0.5) is 0 Å². The van der Waals surface area contributed by atoms with Crippen LogP contribution < -0.4 is 0 Å². The molecule has 0 aromatic rings. The Morgan fingerprint density at radius 3 is 3.06 bits per heavy atom. The molecule has 2 N–H and O–H groups in total. The van der Waals surface area contributed by atoms with E-state index in [1.807, 2.05) is 6.07 Å². The van der Waals surface area contributed by atoms with E-state index < -0.39 is 17.5 Å². The first-order chi connectivity index (χ1) is 8.54. The highest BCUT2D eigenvalue weighted by atomic mass is 16.5. The van der Waals surface area contributed by atoms with Crippen LogP contribution in [-0.4, -0.2) is 35.0 Å². The number of carbonyl (C=O) groups is 1. The van der Waals surface area contributed by atoms with E-state index in [4.69, 9.17) is 10.4 Å². The van der Waals surface area contributed by atoms with Crippen molar-refractivity contribution in [3.05, 3.63) is 36.0 Å². The highest BCUT2D eigenvalue weighted by Crippen LogP contribution is 2.31. The number of esters is 1. The maximum absolute atomic E-state index is 11.2. The molecule has 0 aromatic carbocycles. The second-order valence-electron chi connectivity index (χ2n) is 3.89. The minimum atomic E-state index is -1.64. The molecule has 0 spiro atoms. The van der Waals surface area contributed by atoms with Crippen molar-refractivity contribution in [2.45, 2.75) is 12.5 Å². The summed E-state index contributed by atoms with van der Waals surface area (Å²) < 4.78 is 4.63. The number of hydrogen-bond acceptors (Lipinski definition) is 5. The molecule has 0 heterocycles. The molecule has 18 heavy (non-hydrogen) atoms. The summed E-state index contributed by atoms with van der Waals surface area (Å²) in [5.41, 5.74) is -1.12. The lowest BCUT2D eigenvalue weighted by atomic mass is 9.79. The Bertz CT molecular complexity index is 444. The van der Waals surface area contributed by atoms with E-state index in [-0.39, 0.29) is 13.2 Å². The van der Waals surface area contributed by atoms with E-state index in [9.17, 15) is 9.90 Å². The van der Waals surface area contributed by atoms with Crippen LogP contribution in [0.25, 0.3) is 0 Å². The zero-order chi connectivity index (χ0) is 13.6. The van der Waals surface area contributed by atoms with Gasteiger partial charge in [0.05, 0.1) is 6.61 Å². The number of aliphatic hydroxyl groups excluding tert-OH is 1. The van der Waals surface area contributed by atoms with Gasteiger partial charge in [-0.15, -0.1) is 0 Å². The fourth-order valence-corrected chi connectivity index (χ4v) is 1.59. The summed E-state index contributed by atoms with van der Waals surface area (Å²) in [5, 5.41) is 27.7. The van der Waals surface area contributed by atoms with Gasteiger partial charge in [-0.05, 0) is 12.5 Å². The van der Waals surface area contributed by atoms with Gasteiger partial charge >= 0.3 is 5.97 Å². The van der Waals surface area contributed by atoms with Gasteiger partial charge in [-0.1, -0.05) is 24.3 Å². The Labute approximate surface area is 105 Å². The Balaban J connectivity index is 2.76. The number of ether oxygens (including phenoxy) is 1. The minimum Gasteiger partial charge on any atom is -0.460 e. The van der Waals surface area contributed by atoms with Crippen LogP contribution >= 0.6 is 0 Å². The van der Waals surface area contributed by atoms with Gasteiger partial charge in [0.15, 0.2) is 5.60 Å². The van der Waals surface area contributed by atoms with Gasteiger partial charge in [0.2, 0.25) is 0 Å². The maximum atomic E-state index is 11.2. The molecule has 1 aliphatic carbocycles. The fraction of sp³-hybridized carbons (Fsp3) is 0.385. The first kappa shape index (κ1) is 14.2. The lowest BCUT2D eigenvalue weighted by molar-refractivity contribution is -0.138. The molecule has 96 valence electrons. The number of rotatable bonds is 4. The van der Waals surface area contributed by atoms with E-state index >= 15 is 0 Å². The summed E-state index contributed by atoms with van der Waals surface area (Å²) in [6.45, 7) is 1.33. The molecule has 0 bridgehead atoms. The van der Waals surface area contributed by atoms with Crippen LogP contribution in [0.2, 0.25) is 0 Å². The largest absolute Gasteiger partial charge is 0.460 e. The molecule has 1 rings (SSSR count). The average molecular weight is 249 g/mol. The van der Waals surface area contributed by atoms with E-state index in [1.54, 1.807) is 25.2 Å². The van der Waals surface area contributed by atoms with Crippen molar-refractivity contribution in [1.82, 2.24) is 0 Å². The number of hydrogen-bond donors (Lipinski definition) is 2. The van der Waals surface area contributed by atoms with E-state index in [0.29, 0.717) is 5.57 Å². The van der Waals surface area contributed by atoms with Crippen molar-refractivity contribution in [2.75, 3.05) is 13.2 Å². The van der Waals surface area contributed by atoms with Crippen molar-refractivity contribution in [2.24, 2.45) is 5.92 Å². The van der Waals surface area contributed by atoms with Crippen LogP contribution in [0.1, 0.15) is 6.92 Å². The second kappa shape index (κ2) is 6.15. The maximum Gasteiger partial charge on any atom is 0.330 e. The SMILES string of the molecule is CC1=CC=CC(C=CC(=O)OCCO)C1(O)C#N. The van der Waals surface area contributed by atoms with Crippen LogP contribution in [0.5, 0.6) is 0 Å². The molecule has 0 amide bonds. The van der Waals surface area contributed by atoms with Crippen LogP contribution in [0, 0.1) is 17.2 Å². The molecule has 0 aliphatic heterocycles. The third-order valence-electron chi connectivity index (χ3n) is 2.69. The van der Waals surface area contributed by atoms with Gasteiger partial charge in [0.1, 0.15) is 12.7 Å². The number of nitriles is 1. The monoisotopic (exact) mass is 249 g/mol. The first-order valence-corrected chi connectivity index (χ1v) is 5.49. The third kappa shape index (κ3) is 3.06. The van der Waals surface area contributed by atoms with Gasteiger partial charge in [-0.3, -0.25) is 0 Å². The van der Waals surface area contributed by atoms with Crippen LogP contribution in [-0.2, 0) is 9.53 Å². The van der Waals surface area contributed by atoms with Crippen molar-refractivity contribution in [3.8, 4) is 6.07 Å². The molecule has 0 radical (unpaired) electrons. The highest BCUT2D eigenvalue weighted by Gasteiger charge is 2.37. The summed E-state index contributed by atoms with van der Waals surface area (Å²) in [6, 6.07) is 1.84. The molecule has 2 unspecified atom stereocenters. The summed E-state index contributed by atoms with van der Waals surface area (Å²) in [4.78, 5) is 11.2. The van der Waals surface area contributed by atoms with E-state index in [0.717, 1.165) is 6.08 Å². The van der Waals surface area contributed by atoms with Gasteiger partial charge in [-0.25, -0.2) is 4.79 Å². The van der Waals surface area contributed by atoms with Gasteiger partial charge in [-0.2, -0.15) is 5.26 Å². The number of carbonyl (C=O) groups excluding carboxylic acids is 1. The lowest BCUT2D eigenvalue weighted by Gasteiger charge is -2.29. The standard InChI is InChI=1S/C13H15NO4/c1-10-3-2-4-11(13(10,17)9-14)5-6-12(16)18-8-7-15/h2-6,11,15,17H,7-8H2,1H3. The second-order valence-corrected chi connectivity index (χ2v) is 3.89. The van der Waals surface area contributed by atoms with Gasteiger partial charge in [0.25, 0.3) is 0 Å². The van der Waals surface area contributed by atoms with Crippen molar-refractivity contribution < 1.29 is 19.7 Å². The molecule has 5 heteroatoms. The zero-order valence-corrected chi connectivity index (χ0v) is 10.0. The quantitative estimate of drug-likeness (QED) is 0.429. The number of allylic oxidation sites excluding steroid dienone is 2. The highest BCUT2D eigenvalue weighted by molar-refractivity contribution is 5.82. The smallest absolute Gasteiger partial charge is 0.330 e. The summed E-state index contributed by atoms with van der Waals surface area (Å²) in [7, 11) is 0. The van der Waals surface area contributed by atoms with E-state index in [2.05, 4.69) is 4.74 Å². The lowest BCUT2D eigenvalue weighted by Crippen LogP contribution is -2.37. The number of nitrogens with zero attached hydrogens (tertiary/aromatic N) is 1. The molecule has 0 saturated carbocycles. The Kier molecular flexibility index (Phi) is 4.84. The summed E-state index contributed by atoms with van der Waals surface area (Å²) in [6.07, 6.45) is 7.56. The average Bonchev–Trinajstić information content (AvgIpc) is 2.38. The van der Waals surface area contributed by atoms with Crippen LogP contribution in [0.15, 0.2) is 36.0 Å². The Morgan fingerprint density at radius 1 is 1.72 bits per heavy atom. The topological polar surface area (TPSA) is 90.6 Å². The Morgan fingerprint density at radius 2 is 2.44 bits per heavy atom.